The normalized spacial score (nSPS) is 12.4. The number of rotatable bonds is 7. The molecule has 0 amide bonds. The van der Waals surface area contributed by atoms with Crippen LogP contribution in [0.15, 0.2) is 0 Å². The predicted molar refractivity (Wildman–Crippen MR) is 71.8 cm³/mol. The molecular weight excluding hydrogens is 264 g/mol. The molecule has 0 aliphatic carbocycles. The number of carbonyl (C=O) groups excluding carboxylic acids is 3. The van der Waals surface area contributed by atoms with Crippen LogP contribution in [0.25, 0.3) is 0 Å². The Morgan fingerprint density at radius 2 is 1.50 bits per heavy atom. The highest BCUT2D eigenvalue weighted by Gasteiger charge is 2.32. The van der Waals surface area contributed by atoms with Gasteiger partial charge in [0.15, 0.2) is 5.92 Å². The van der Waals surface area contributed by atoms with E-state index in [9.17, 15) is 14.4 Å². The highest BCUT2D eigenvalue weighted by atomic mass is 16.6. The molecule has 0 rings (SSSR count). The molecule has 6 nitrogen and oxygen atoms in total. The summed E-state index contributed by atoms with van der Waals surface area (Å²) in [5, 5.41) is 0. The highest BCUT2D eigenvalue weighted by Crippen LogP contribution is 2.17. The van der Waals surface area contributed by atoms with Crippen LogP contribution in [0.4, 0.5) is 0 Å². The van der Waals surface area contributed by atoms with Crippen molar-refractivity contribution in [2.24, 2.45) is 5.92 Å². The molecule has 0 saturated carbocycles. The van der Waals surface area contributed by atoms with Crippen molar-refractivity contribution in [1.82, 2.24) is 0 Å². The van der Waals surface area contributed by atoms with E-state index in [0.717, 1.165) is 0 Å². The Kier molecular flexibility index (Phi) is 7.87. The smallest absolute Gasteiger partial charge is 0.320 e. The molecule has 1 atom stereocenters. The van der Waals surface area contributed by atoms with Crippen molar-refractivity contribution < 1.29 is 28.6 Å². The van der Waals surface area contributed by atoms with Gasteiger partial charge in [0.05, 0.1) is 13.2 Å². The van der Waals surface area contributed by atoms with Crippen molar-refractivity contribution in [3.8, 4) is 0 Å². The van der Waals surface area contributed by atoms with Gasteiger partial charge >= 0.3 is 17.9 Å². The minimum Gasteiger partial charge on any atom is -0.466 e. The molecule has 0 heterocycles. The lowest BCUT2D eigenvalue weighted by Crippen LogP contribution is -2.34. The monoisotopic (exact) mass is 288 g/mol. The predicted octanol–water partition coefficient (Wildman–Crippen LogP) is 1.85. The summed E-state index contributed by atoms with van der Waals surface area (Å²) in [4.78, 5) is 35.0. The fourth-order valence-electron chi connectivity index (χ4n) is 1.44. The molecule has 20 heavy (non-hydrogen) atoms. The number of hydrogen-bond acceptors (Lipinski definition) is 6. The Morgan fingerprint density at radius 3 is 1.95 bits per heavy atom. The molecule has 1 unspecified atom stereocenters. The van der Waals surface area contributed by atoms with Gasteiger partial charge in [-0.2, -0.15) is 0 Å². The van der Waals surface area contributed by atoms with E-state index < -0.39 is 29.4 Å². The fraction of sp³-hybridized carbons (Fsp3) is 0.786. The van der Waals surface area contributed by atoms with Crippen LogP contribution in [0, 0.1) is 5.92 Å². The molecule has 0 aromatic rings. The largest absolute Gasteiger partial charge is 0.466 e. The first-order valence-corrected chi connectivity index (χ1v) is 6.76. The van der Waals surface area contributed by atoms with Crippen LogP contribution < -0.4 is 0 Å². The molecular formula is C14H24O6. The molecule has 0 aliphatic rings. The molecule has 0 aromatic heterocycles. The number of carbonyl (C=O) groups is 3. The van der Waals surface area contributed by atoms with Crippen LogP contribution in [0.2, 0.25) is 0 Å². The number of hydrogen-bond donors (Lipinski definition) is 0. The summed E-state index contributed by atoms with van der Waals surface area (Å²) in [5.41, 5.74) is -0.703. The van der Waals surface area contributed by atoms with Crippen molar-refractivity contribution in [2.45, 2.75) is 53.1 Å². The van der Waals surface area contributed by atoms with E-state index >= 15 is 0 Å². The fourth-order valence-corrected chi connectivity index (χ4v) is 1.44. The van der Waals surface area contributed by atoms with Crippen LogP contribution in [-0.4, -0.2) is 36.7 Å². The molecule has 0 aliphatic heterocycles. The van der Waals surface area contributed by atoms with Gasteiger partial charge in [-0.25, -0.2) is 0 Å². The summed E-state index contributed by atoms with van der Waals surface area (Å²) in [5.74, 6) is -2.91. The Bertz CT molecular complexity index is 342. The zero-order valence-electron chi connectivity index (χ0n) is 12.9. The zero-order valence-corrected chi connectivity index (χ0v) is 12.9. The van der Waals surface area contributed by atoms with Crippen molar-refractivity contribution in [1.29, 1.82) is 0 Å². The SMILES string of the molecule is CCOC(=O)CCC(C(=O)OCC)C(=O)OC(C)(C)C. The Morgan fingerprint density at radius 1 is 0.950 bits per heavy atom. The molecule has 0 fully saturated rings. The second kappa shape index (κ2) is 8.55. The van der Waals surface area contributed by atoms with Crippen molar-refractivity contribution in [3.05, 3.63) is 0 Å². The van der Waals surface area contributed by atoms with E-state index in [1.54, 1.807) is 34.6 Å². The van der Waals surface area contributed by atoms with Gasteiger partial charge in [0.1, 0.15) is 5.60 Å². The third kappa shape index (κ3) is 7.76. The Balaban J connectivity index is 4.68. The van der Waals surface area contributed by atoms with E-state index in [1.807, 2.05) is 0 Å². The van der Waals surface area contributed by atoms with Crippen LogP contribution in [0.5, 0.6) is 0 Å². The van der Waals surface area contributed by atoms with Crippen molar-refractivity contribution >= 4 is 17.9 Å². The molecule has 116 valence electrons. The van der Waals surface area contributed by atoms with Gasteiger partial charge in [0, 0.05) is 6.42 Å². The maximum atomic E-state index is 12.0. The summed E-state index contributed by atoms with van der Waals surface area (Å²) in [6.45, 7) is 8.88. The van der Waals surface area contributed by atoms with E-state index in [4.69, 9.17) is 14.2 Å². The third-order valence-electron chi connectivity index (χ3n) is 2.20. The molecule has 0 spiro atoms. The lowest BCUT2D eigenvalue weighted by Gasteiger charge is -2.23. The molecule has 0 saturated heterocycles. The van der Waals surface area contributed by atoms with Crippen LogP contribution in [0.3, 0.4) is 0 Å². The van der Waals surface area contributed by atoms with Crippen molar-refractivity contribution in [2.75, 3.05) is 13.2 Å². The van der Waals surface area contributed by atoms with E-state index in [0.29, 0.717) is 0 Å². The Hall–Kier alpha value is -1.59. The third-order valence-corrected chi connectivity index (χ3v) is 2.20. The second-order valence-corrected chi connectivity index (χ2v) is 5.18. The number of esters is 3. The van der Waals surface area contributed by atoms with Gasteiger partial charge in [-0.1, -0.05) is 0 Å². The standard InChI is InChI=1S/C14H24O6/c1-6-18-11(15)9-8-10(12(16)19-7-2)13(17)20-14(3,4)5/h10H,6-9H2,1-5H3. The molecule has 0 bridgehead atoms. The van der Waals surface area contributed by atoms with Crippen LogP contribution in [0.1, 0.15) is 47.5 Å². The van der Waals surface area contributed by atoms with Crippen molar-refractivity contribution in [3.63, 3.8) is 0 Å². The van der Waals surface area contributed by atoms with Gasteiger partial charge in [-0.3, -0.25) is 14.4 Å². The second-order valence-electron chi connectivity index (χ2n) is 5.18. The van der Waals surface area contributed by atoms with E-state index in [2.05, 4.69) is 0 Å². The number of ether oxygens (including phenoxy) is 3. The quantitative estimate of drug-likeness (QED) is 0.404. The van der Waals surface area contributed by atoms with Crippen LogP contribution in [-0.2, 0) is 28.6 Å². The molecule has 0 aromatic carbocycles. The summed E-state index contributed by atoms with van der Waals surface area (Å²) in [7, 11) is 0. The average Bonchev–Trinajstić information content (AvgIpc) is 2.27. The average molecular weight is 288 g/mol. The lowest BCUT2D eigenvalue weighted by molar-refractivity contribution is -0.169. The van der Waals surface area contributed by atoms with Gasteiger partial charge in [-0.05, 0) is 41.0 Å². The highest BCUT2D eigenvalue weighted by molar-refractivity contribution is 5.95. The first-order valence-electron chi connectivity index (χ1n) is 6.76. The van der Waals surface area contributed by atoms with Gasteiger partial charge in [0.2, 0.25) is 0 Å². The van der Waals surface area contributed by atoms with E-state index in [1.165, 1.54) is 0 Å². The van der Waals surface area contributed by atoms with Gasteiger partial charge in [-0.15, -0.1) is 0 Å². The molecule has 6 heteroatoms. The molecule has 0 radical (unpaired) electrons. The van der Waals surface area contributed by atoms with Gasteiger partial charge < -0.3 is 14.2 Å². The van der Waals surface area contributed by atoms with E-state index in [-0.39, 0.29) is 26.1 Å². The summed E-state index contributed by atoms with van der Waals surface area (Å²) >= 11 is 0. The summed E-state index contributed by atoms with van der Waals surface area (Å²) in [6.07, 6.45) is -0.0108. The maximum absolute atomic E-state index is 12.0. The minimum atomic E-state index is -1.10. The topological polar surface area (TPSA) is 78.9 Å². The first-order chi connectivity index (χ1) is 9.21. The Labute approximate surface area is 119 Å². The summed E-state index contributed by atoms with van der Waals surface area (Å²) in [6, 6.07) is 0. The zero-order chi connectivity index (χ0) is 15.8. The minimum absolute atomic E-state index is 0.0204. The first kappa shape index (κ1) is 18.4. The maximum Gasteiger partial charge on any atom is 0.320 e. The summed E-state index contributed by atoms with van der Waals surface area (Å²) < 4.78 is 14.8. The lowest BCUT2D eigenvalue weighted by atomic mass is 10.0. The van der Waals surface area contributed by atoms with Crippen LogP contribution >= 0.6 is 0 Å². The van der Waals surface area contributed by atoms with Gasteiger partial charge in [0.25, 0.3) is 0 Å². The molecule has 0 N–H and O–H groups in total.